The number of rotatable bonds is 40. The first-order valence-corrected chi connectivity index (χ1v) is 23.1. The van der Waals surface area contributed by atoms with Gasteiger partial charge in [0.15, 0.2) is 0 Å². The first kappa shape index (κ1) is 50.6. The lowest BCUT2D eigenvalue weighted by molar-refractivity contribution is -0.150. The van der Waals surface area contributed by atoms with Gasteiger partial charge in [-0.1, -0.05) is 143 Å². The number of anilines is 2. The fourth-order valence-corrected chi connectivity index (χ4v) is 7.50. The Morgan fingerprint density at radius 1 is 0.545 bits per heavy atom. The number of nitrogens with one attached hydrogen (secondary N) is 2. The average Bonchev–Trinajstić information content (AvgIpc) is 3.18. The second-order valence-corrected chi connectivity index (χ2v) is 16.1. The average molecular weight is 776 g/mol. The van der Waals surface area contributed by atoms with Gasteiger partial charge < -0.3 is 25.0 Å². The molecule has 320 valence electrons. The molecule has 0 atom stereocenters. The van der Waals surface area contributed by atoms with Crippen LogP contribution in [0.1, 0.15) is 207 Å². The van der Waals surface area contributed by atoms with E-state index in [0.29, 0.717) is 43.3 Å². The van der Waals surface area contributed by atoms with Crippen molar-refractivity contribution < 1.29 is 19.1 Å². The molecule has 0 unspecified atom stereocenters. The molecule has 0 bridgehead atoms. The molecule has 9 nitrogen and oxygen atoms in total. The van der Waals surface area contributed by atoms with Crippen molar-refractivity contribution >= 4 is 23.3 Å². The number of hydrogen-bond acceptors (Lipinski definition) is 9. The summed E-state index contributed by atoms with van der Waals surface area (Å²) in [5.74, 6) is 0.621. The number of carbonyl (C=O) groups is 2. The lowest BCUT2D eigenvalue weighted by atomic mass is 9.92. The van der Waals surface area contributed by atoms with E-state index in [9.17, 15) is 19.2 Å². The molecule has 55 heavy (non-hydrogen) atoms. The smallest absolute Gasteiger partial charge is 0.306 e. The third-order valence-corrected chi connectivity index (χ3v) is 11.1. The molecule has 1 rings (SSSR count). The predicted octanol–water partition coefficient (Wildman–Crippen LogP) is 11.1. The Hall–Kier alpha value is -2.42. The molecule has 0 fully saturated rings. The fourth-order valence-electron chi connectivity index (χ4n) is 7.50. The maximum Gasteiger partial charge on any atom is 0.306 e. The summed E-state index contributed by atoms with van der Waals surface area (Å²) in [4.78, 5) is 51.0. The van der Waals surface area contributed by atoms with Crippen LogP contribution in [-0.2, 0) is 19.1 Å². The van der Waals surface area contributed by atoms with Gasteiger partial charge in [0.05, 0.1) is 6.61 Å². The molecule has 9 heteroatoms. The molecule has 1 aromatic carbocycles. The van der Waals surface area contributed by atoms with Crippen molar-refractivity contribution in [1.82, 2.24) is 4.90 Å². The van der Waals surface area contributed by atoms with Crippen LogP contribution in [0.15, 0.2) is 9.59 Å². The highest BCUT2D eigenvalue weighted by atomic mass is 16.5. The minimum Gasteiger partial charge on any atom is -0.466 e. The van der Waals surface area contributed by atoms with Gasteiger partial charge in [0.25, 0.3) is 10.9 Å². The van der Waals surface area contributed by atoms with Gasteiger partial charge in [0.2, 0.25) is 0 Å². The molecule has 0 aliphatic carbocycles. The van der Waals surface area contributed by atoms with Gasteiger partial charge in [-0.2, -0.15) is 0 Å². The molecular weight excluding hydrogens is 691 g/mol. The number of carbonyl (C=O) groups excluding carboxylic acids is 2. The number of nitrogens with zero attached hydrogens (tertiary/aromatic N) is 1. The van der Waals surface area contributed by atoms with Gasteiger partial charge in [0, 0.05) is 26.4 Å². The molecule has 0 aromatic heterocycles. The van der Waals surface area contributed by atoms with Gasteiger partial charge in [-0.05, 0) is 76.9 Å². The van der Waals surface area contributed by atoms with Crippen LogP contribution in [0, 0.1) is 5.92 Å². The Morgan fingerprint density at radius 3 is 1.58 bits per heavy atom. The van der Waals surface area contributed by atoms with Crippen LogP contribution in [-0.4, -0.2) is 62.8 Å². The Kier molecular flexibility index (Phi) is 32.0. The van der Waals surface area contributed by atoms with Crippen LogP contribution in [0.3, 0.4) is 0 Å². The van der Waals surface area contributed by atoms with E-state index in [1.807, 2.05) is 0 Å². The van der Waals surface area contributed by atoms with E-state index in [-0.39, 0.29) is 18.0 Å². The molecule has 0 saturated heterocycles. The number of esters is 2. The summed E-state index contributed by atoms with van der Waals surface area (Å²) in [7, 11) is 1.67. The number of unbranched alkanes of at least 4 members (excludes halogenated alkanes) is 14. The van der Waals surface area contributed by atoms with Gasteiger partial charge in [0.1, 0.15) is 17.5 Å². The molecule has 0 heterocycles. The summed E-state index contributed by atoms with van der Waals surface area (Å²) >= 11 is 0. The van der Waals surface area contributed by atoms with E-state index in [1.165, 1.54) is 51.4 Å². The summed E-state index contributed by atoms with van der Waals surface area (Å²) in [5, 5.41) is 6.00. The van der Waals surface area contributed by atoms with E-state index in [0.717, 1.165) is 135 Å². The van der Waals surface area contributed by atoms with E-state index in [1.54, 1.807) is 7.05 Å². The van der Waals surface area contributed by atoms with Crippen molar-refractivity contribution in [3.05, 3.63) is 20.4 Å². The van der Waals surface area contributed by atoms with Crippen molar-refractivity contribution in [2.75, 3.05) is 50.5 Å². The minimum absolute atomic E-state index is 0.0304. The Balaban J connectivity index is 2.36. The zero-order valence-corrected chi connectivity index (χ0v) is 36.4. The maximum absolute atomic E-state index is 12.5. The van der Waals surface area contributed by atoms with Gasteiger partial charge >= 0.3 is 11.9 Å². The van der Waals surface area contributed by atoms with Crippen LogP contribution in [0.2, 0.25) is 0 Å². The molecule has 0 radical (unpaired) electrons. The molecule has 0 saturated carbocycles. The van der Waals surface area contributed by atoms with Crippen molar-refractivity contribution in [2.45, 2.75) is 214 Å². The van der Waals surface area contributed by atoms with Gasteiger partial charge in [-0.15, -0.1) is 0 Å². The zero-order chi connectivity index (χ0) is 40.4. The van der Waals surface area contributed by atoms with E-state index < -0.39 is 10.9 Å². The lowest BCUT2D eigenvalue weighted by Crippen LogP contribution is -2.37. The second-order valence-electron chi connectivity index (χ2n) is 16.1. The Bertz CT molecular complexity index is 1130. The second kappa shape index (κ2) is 34.8. The standard InChI is InChI=1S/C46H85N3O6/c1-6-10-20-27-39(28-21-11-7-2)33-38-54-41(50)31-22-16-14-18-24-35-49(37-26-34-48-44-43(47-5)45(52)46(44)53)36-25-19-15-17-23-32-42(51)55-40(29-12-8-3)30-13-9-4/h39-40,47-48H,6-38H2,1-5H3. The third-order valence-electron chi connectivity index (χ3n) is 11.1. The van der Waals surface area contributed by atoms with Gasteiger partial charge in [-0.25, -0.2) is 0 Å². The highest BCUT2D eigenvalue weighted by molar-refractivity contribution is 5.73. The van der Waals surface area contributed by atoms with Crippen LogP contribution < -0.4 is 21.5 Å². The normalized spacial score (nSPS) is 11.6. The summed E-state index contributed by atoms with van der Waals surface area (Å²) in [6.07, 6.45) is 30.3. The minimum atomic E-state index is -0.442. The summed E-state index contributed by atoms with van der Waals surface area (Å²) in [5.41, 5.74) is -0.0680. The predicted molar refractivity (Wildman–Crippen MR) is 232 cm³/mol. The van der Waals surface area contributed by atoms with Crippen molar-refractivity contribution in [2.24, 2.45) is 5.92 Å². The largest absolute Gasteiger partial charge is 0.466 e. The molecule has 1 aromatic rings. The fraction of sp³-hybridized carbons (Fsp3) is 0.870. The summed E-state index contributed by atoms with van der Waals surface area (Å²) in [6, 6.07) is 0. The first-order valence-electron chi connectivity index (χ1n) is 23.1. The van der Waals surface area contributed by atoms with Crippen molar-refractivity contribution in [1.29, 1.82) is 0 Å². The quantitative estimate of drug-likeness (QED) is 0.0382. The molecule has 0 aliphatic heterocycles. The molecule has 0 spiro atoms. The van der Waals surface area contributed by atoms with Crippen LogP contribution >= 0.6 is 0 Å². The van der Waals surface area contributed by atoms with E-state index >= 15 is 0 Å². The van der Waals surface area contributed by atoms with Crippen LogP contribution in [0.25, 0.3) is 0 Å². The number of hydrogen-bond donors (Lipinski definition) is 2. The molecular formula is C46H85N3O6. The van der Waals surface area contributed by atoms with E-state index in [2.05, 4.69) is 43.2 Å². The third kappa shape index (κ3) is 25.5. The van der Waals surface area contributed by atoms with Crippen LogP contribution in [0.4, 0.5) is 11.4 Å². The maximum atomic E-state index is 12.5. The summed E-state index contributed by atoms with van der Waals surface area (Å²) < 4.78 is 11.5. The zero-order valence-electron chi connectivity index (χ0n) is 36.4. The monoisotopic (exact) mass is 776 g/mol. The van der Waals surface area contributed by atoms with Gasteiger partial charge in [-0.3, -0.25) is 19.2 Å². The van der Waals surface area contributed by atoms with Crippen molar-refractivity contribution in [3.8, 4) is 0 Å². The highest BCUT2D eigenvalue weighted by Gasteiger charge is 2.19. The Morgan fingerprint density at radius 2 is 1.04 bits per heavy atom. The Labute approximate surface area is 336 Å². The first-order chi connectivity index (χ1) is 26.8. The molecule has 2 N–H and O–H groups in total. The van der Waals surface area contributed by atoms with Crippen LogP contribution in [0.5, 0.6) is 0 Å². The number of ether oxygens (including phenoxy) is 2. The summed E-state index contributed by atoms with van der Waals surface area (Å²) in [6.45, 7) is 13.1. The lowest BCUT2D eigenvalue weighted by Gasteiger charge is -2.23. The molecule has 0 aliphatic rings. The van der Waals surface area contributed by atoms with Crippen molar-refractivity contribution in [3.63, 3.8) is 0 Å². The molecule has 0 amide bonds. The highest BCUT2D eigenvalue weighted by Crippen LogP contribution is 2.21. The topological polar surface area (TPSA) is 114 Å². The van der Waals surface area contributed by atoms with E-state index in [4.69, 9.17) is 9.47 Å². The SMILES string of the molecule is CCCCCC(CCCCC)CCOC(=O)CCCCCCCN(CCCCCCCC(=O)OC(CCCC)CCCC)CCCNc1c(NC)c(=O)c1=O.